The third kappa shape index (κ3) is 8.54. The summed E-state index contributed by atoms with van der Waals surface area (Å²) in [6, 6.07) is 30.0. The standard InChI is InChI=1S/C34H36N4O6S/c1-3-26(2)35-34(40)32(23-27-13-7-4-8-14-27)36(24-28-15-9-5-10-16-28)33(39)25-37(29-19-21-30(22-20-29)38(41)42)45(43,44)31-17-11-6-12-18-31/h4-22,26,32H,3,23-25H2,1-2H3,(H,35,40). The van der Waals surface area contributed by atoms with E-state index >= 15 is 0 Å². The third-order valence-corrected chi connectivity index (χ3v) is 9.21. The highest BCUT2D eigenvalue weighted by Gasteiger charge is 2.35. The van der Waals surface area contributed by atoms with Crippen LogP contribution < -0.4 is 9.62 Å². The number of anilines is 1. The minimum absolute atomic E-state index is 0.0462. The molecular weight excluding hydrogens is 592 g/mol. The van der Waals surface area contributed by atoms with E-state index in [1.807, 2.05) is 74.5 Å². The second kappa shape index (κ2) is 15.1. The Labute approximate surface area is 263 Å². The Balaban J connectivity index is 1.80. The second-order valence-corrected chi connectivity index (χ2v) is 12.5. The van der Waals surface area contributed by atoms with Crippen molar-refractivity contribution in [2.75, 3.05) is 10.8 Å². The molecule has 2 amide bonds. The number of hydrogen-bond donors (Lipinski definition) is 1. The summed E-state index contributed by atoms with van der Waals surface area (Å²) in [5.74, 6) is -0.970. The van der Waals surface area contributed by atoms with Crippen LogP contribution in [0.4, 0.5) is 11.4 Å². The molecule has 4 aromatic rings. The average molecular weight is 629 g/mol. The lowest BCUT2D eigenvalue weighted by molar-refractivity contribution is -0.384. The number of benzene rings is 4. The molecule has 10 nitrogen and oxygen atoms in total. The first-order valence-corrected chi connectivity index (χ1v) is 16.0. The molecule has 2 unspecified atom stereocenters. The van der Waals surface area contributed by atoms with E-state index in [0.717, 1.165) is 15.4 Å². The third-order valence-electron chi connectivity index (χ3n) is 7.43. The molecule has 45 heavy (non-hydrogen) atoms. The molecule has 4 aromatic carbocycles. The molecule has 0 saturated carbocycles. The van der Waals surface area contributed by atoms with E-state index in [1.54, 1.807) is 18.2 Å². The number of rotatable bonds is 14. The fourth-order valence-corrected chi connectivity index (χ4v) is 6.20. The van der Waals surface area contributed by atoms with E-state index < -0.39 is 33.4 Å². The molecule has 0 bridgehead atoms. The van der Waals surface area contributed by atoms with Gasteiger partial charge < -0.3 is 10.2 Å². The number of nitro groups is 1. The Hall–Kier alpha value is -5.03. The number of non-ortho nitro benzene ring substituents is 1. The monoisotopic (exact) mass is 628 g/mol. The zero-order chi connectivity index (χ0) is 32.4. The first kappa shape index (κ1) is 32.9. The van der Waals surface area contributed by atoms with Gasteiger partial charge in [-0.1, -0.05) is 85.8 Å². The number of amides is 2. The molecule has 234 valence electrons. The minimum Gasteiger partial charge on any atom is -0.352 e. The van der Waals surface area contributed by atoms with Gasteiger partial charge in [-0.25, -0.2) is 8.42 Å². The van der Waals surface area contributed by atoms with Crippen molar-refractivity contribution >= 4 is 33.2 Å². The van der Waals surface area contributed by atoms with Gasteiger partial charge in [0.05, 0.1) is 15.5 Å². The lowest BCUT2D eigenvalue weighted by atomic mass is 10.0. The number of carbonyl (C=O) groups is 2. The summed E-state index contributed by atoms with van der Waals surface area (Å²) < 4.78 is 28.9. The van der Waals surface area contributed by atoms with Gasteiger partial charge in [0.25, 0.3) is 15.7 Å². The van der Waals surface area contributed by atoms with E-state index in [2.05, 4.69) is 5.32 Å². The summed E-state index contributed by atoms with van der Waals surface area (Å²) in [5.41, 5.74) is 1.43. The van der Waals surface area contributed by atoms with Crippen molar-refractivity contribution < 1.29 is 22.9 Å². The highest BCUT2D eigenvalue weighted by atomic mass is 32.2. The van der Waals surface area contributed by atoms with Crippen molar-refractivity contribution in [3.63, 3.8) is 0 Å². The van der Waals surface area contributed by atoms with Gasteiger partial charge in [0, 0.05) is 31.1 Å². The van der Waals surface area contributed by atoms with Gasteiger partial charge in [0.1, 0.15) is 12.6 Å². The molecule has 0 fully saturated rings. The zero-order valence-corrected chi connectivity index (χ0v) is 26.0. The number of nitro benzene ring substituents is 1. The lowest BCUT2D eigenvalue weighted by Crippen LogP contribution is -2.54. The van der Waals surface area contributed by atoms with Gasteiger partial charge in [0.2, 0.25) is 11.8 Å². The van der Waals surface area contributed by atoms with Crippen LogP contribution in [0.15, 0.2) is 120 Å². The van der Waals surface area contributed by atoms with Gasteiger partial charge in [0.15, 0.2) is 0 Å². The van der Waals surface area contributed by atoms with Crippen LogP contribution in [0.2, 0.25) is 0 Å². The second-order valence-electron chi connectivity index (χ2n) is 10.6. The highest BCUT2D eigenvalue weighted by Crippen LogP contribution is 2.27. The van der Waals surface area contributed by atoms with Crippen LogP contribution in [0, 0.1) is 10.1 Å². The van der Waals surface area contributed by atoms with Crippen molar-refractivity contribution in [2.24, 2.45) is 0 Å². The van der Waals surface area contributed by atoms with Crippen molar-refractivity contribution in [3.8, 4) is 0 Å². The fraction of sp³-hybridized carbons (Fsp3) is 0.235. The predicted molar refractivity (Wildman–Crippen MR) is 173 cm³/mol. The topological polar surface area (TPSA) is 130 Å². The van der Waals surface area contributed by atoms with Gasteiger partial charge in [-0.2, -0.15) is 0 Å². The normalized spacial score (nSPS) is 12.5. The van der Waals surface area contributed by atoms with Gasteiger partial charge in [-0.15, -0.1) is 0 Å². The molecular formula is C34H36N4O6S. The molecule has 0 aromatic heterocycles. The summed E-state index contributed by atoms with van der Waals surface area (Å²) in [6.07, 6.45) is 0.879. The maximum absolute atomic E-state index is 14.4. The van der Waals surface area contributed by atoms with Crippen LogP contribution >= 0.6 is 0 Å². The molecule has 1 N–H and O–H groups in total. The minimum atomic E-state index is -4.30. The molecule has 0 saturated heterocycles. The Morgan fingerprint density at radius 2 is 1.36 bits per heavy atom. The van der Waals surface area contributed by atoms with Crippen molar-refractivity contribution in [1.82, 2.24) is 10.2 Å². The fourth-order valence-electron chi connectivity index (χ4n) is 4.76. The number of nitrogens with zero attached hydrogens (tertiary/aromatic N) is 3. The maximum atomic E-state index is 14.4. The van der Waals surface area contributed by atoms with Crippen molar-refractivity contribution in [1.29, 1.82) is 0 Å². The zero-order valence-electron chi connectivity index (χ0n) is 25.2. The van der Waals surface area contributed by atoms with E-state index in [9.17, 15) is 28.1 Å². The number of carbonyl (C=O) groups excluding carboxylic acids is 2. The molecule has 4 rings (SSSR count). The molecule has 2 atom stereocenters. The van der Waals surface area contributed by atoms with Crippen LogP contribution in [0.1, 0.15) is 31.4 Å². The molecule has 0 aliphatic carbocycles. The first-order chi connectivity index (χ1) is 21.6. The SMILES string of the molecule is CCC(C)NC(=O)C(Cc1ccccc1)N(Cc1ccccc1)C(=O)CN(c1ccc([N+](=O)[O-])cc1)S(=O)(=O)c1ccccc1. The summed E-state index contributed by atoms with van der Waals surface area (Å²) >= 11 is 0. The summed E-state index contributed by atoms with van der Waals surface area (Å²) in [6.45, 7) is 3.22. The van der Waals surface area contributed by atoms with E-state index in [-0.39, 0.29) is 41.2 Å². The van der Waals surface area contributed by atoms with Crippen LogP contribution in [-0.4, -0.2) is 48.7 Å². The smallest absolute Gasteiger partial charge is 0.269 e. The van der Waals surface area contributed by atoms with E-state index in [1.165, 1.54) is 41.3 Å². The van der Waals surface area contributed by atoms with Crippen LogP contribution in [0.5, 0.6) is 0 Å². The molecule has 0 spiro atoms. The molecule has 11 heteroatoms. The number of sulfonamides is 1. The van der Waals surface area contributed by atoms with Crippen molar-refractivity contribution in [3.05, 3.63) is 137 Å². The Morgan fingerprint density at radius 1 is 0.822 bits per heavy atom. The molecule has 0 heterocycles. The Kier molecular flexibility index (Phi) is 11.0. The van der Waals surface area contributed by atoms with E-state index in [4.69, 9.17) is 0 Å². The Bertz CT molecular complexity index is 1690. The first-order valence-electron chi connectivity index (χ1n) is 14.6. The quantitative estimate of drug-likeness (QED) is 0.148. The molecule has 0 aliphatic rings. The van der Waals surface area contributed by atoms with Crippen LogP contribution in [0.3, 0.4) is 0 Å². The average Bonchev–Trinajstić information content (AvgIpc) is 3.06. The Morgan fingerprint density at radius 3 is 1.89 bits per heavy atom. The van der Waals surface area contributed by atoms with Crippen LogP contribution in [0.25, 0.3) is 0 Å². The lowest BCUT2D eigenvalue weighted by Gasteiger charge is -2.34. The summed E-state index contributed by atoms with van der Waals surface area (Å²) in [5, 5.41) is 14.3. The highest BCUT2D eigenvalue weighted by molar-refractivity contribution is 7.92. The molecule has 0 aliphatic heterocycles. The van der Waals surface area contributed by atoms with Crippen LogP contribution in [-0.2, 0) is 32.6 Å². The maximum Gasteiger partial charge on any atom is 0.269 e. The number of nitrogens with one attached hydrogen (secondary N) is 1. The summed E-state index contributed by atoms with van der Waals surface area (Å²) in [7, 11) is -4.30. The van der Waals surface area contributed by atoms with Gasteiger partial charge >= 0.3 is 0 Å². The van der Waals surface area contributed by atoms with E-state index in [0.29, 0.717) is 6.42 Å². The number of hydrogen-bond acceptors (Lipinski definition) is 6. The van der Waals surface area contributed by atoms with Gasteiger partial charge in [-0.05, 0) is 48.7 Å². The largest absolute Gasteiger partial charge is 0.352 e. The van der Waals surface area contributed by atoms with Crippen molar-refractivity contribution in [2.45, 2.75) is 50.2 Å². The van der Waals surface area contributed by atoms with Gasteiger partial charge in [-0.3, -0.25) is 24.0 Å². The molecule has 0 radical (unpaired) electrons. The predicted octanol–water partition coefficient (Wildman–Crippen LogP) is 5.34. The summed E-state index contributed by atoms with van der Waals surface area (Å²) in [4.78, 5) is 40.3.